The van der Waals surface area contributed by atoms with Gasteiger partial charge in [0.1, 0.15) is 6.61 Å². The van der Waals surface area contributed by atoms with Crippen LogP contribution in [0, 0.1) is 42.4 Å². The Kier molecular flexibility index (Phi) is 8.84. The van der Waals surface area contributed by atoms with E-state index in [0.717, 1.165) is 49.7 Å². The average molecular weight is 423 g/mol. The van der Waals surface area contributed by atoms with Gasteiger partial charge in [-0.2, -0.15) is 0 Å². The van der Waals surface area contributed by atoms with Crippen molar-refractivity contribution < 1.29 is 23.8 Å². The van der Waals surface area contributed by atoms with Gasteiger partial charge in [-0.05, 0) is 88.1 Å². The van der Waals surface area contributed by atoms with E-state index in [9.17, 15) is 9.59 Å². The van der Waals surface area contributed by atoms with Crippen LogP contribution < -0.4 is 0 Å². The molecule has 4 bridgehead atoms. The summed E-state index contributed by atoms with van der Waals surface area (Å²) in [6, 6.07) is 0. The highest BCUT2D eigenvalue weighted by Gasteiger charge is 2.48. The van der Waals surface area contributed by atoms with Gasteiger partial charge in [0, 0.05) is 18.9 Å². The minimum atomic E-state index is -0.678. The molecule has 0 saturated heterocycles. The molecule has 0 heterocycles. The van der Waals surface area contributed by atoms with E-state index in [1.165, 1.54) is 32.1 Å². The number of hydrogen-bond acceptors (Lipinski definition) is 6. The third kappa shape index (κ3) is 6.60. The predicted octanol–water partition coefficient (Wildman–Crippen LogP) is 4.33. The molecule has 4 aliphatic rings. The summed E-state index contributed by atoms with van der Waals surface area (Å²) in [5.41, 5.74) is 0. The van der Waals surface area contributed by atoms with Crippen molar-refractivity contribution in [1.29, 1.82) is 0 Å². The maximum absolute atomic E-state index is 12.4. The second kappa shape index (κ2) is 11.4. The molecule has 4 saturated carbocycles. The molecule has 4 aliphatic carbocycles. The topological polar surface area (TPSA) is 65.1 Å². The summed E-state index contributed by atoms with van der Waals surface area (Å²) < 4.78 is 15.6. The molecule has 1 radical (unpaired) electrons. The predicted molar refractivity (Wildman–Crippen MR) is 115 cm³/mol. The molecule has 0 spiro atoms. The van der Waals surface area contributed by atoms with Crippen LogP contribution in [0.25, 0.3) is 0 Å². The summed E-state index contributed by atoms with van der Waals surface area (Å²) in [7, 11) is 0. The van der Waals surface area contributed by atoms with E-state index in [-0.39, 0.29) is 25.1 Å². The van der Waals surface area contributed by atoms with Crippen molar-refractivity contribution in [1.82, 2.24) is 4.90 Å². The highest BCUT2D eigenvalue weighted by atomic mass is 16.7. The Morgan fingerprint density at radius 2 is 1.53 bits per heavy atom. The number of carbonyl (C=O) groups is 2. The van der Waals surface area contributed by atoms with Crippen molar-refractivity contribution in [2.24, 2.45) is 35.5 Å². The Morgan fingerprint density at radius 1 is 0.933 bits per heavy atom. The van der Waals surface area contributed by atoms with Gasteiger partial charge in [0.2, 0.25) is 0 Å². The monoisotopic (exact) mass is 422 g/mol. The normalized spacial score (nSPS) is 30.3. The number of nitrogens with zero attached hydrogens (tertiary/aromatic N) is 1. The van der Waals surface area contributed by atoms with Crippen molar-refractivity contribution in [2.75, 3.05) is 39.5 Å². The van der Waals surface area contributed by atoms with Crippen molar-refractivity contribution >= 4 is 12.1 Å². The number of rotatable bonds is 12. The van der Waals surface area contributed by atoms with E-state index < -0.39 is 6.16 Å². The largest absolute Gasteiger partial charge is 0.508 e. The molecule has 6 nitrogen and oxygen atoms in total. The summed E-state index contributed by atoms with van der Waals surface area (Å²) in [4.78, 5) is 26.3. The van der Waals surface area contributed by atoms with E-state index >= 15 is 0 Å². The van der Waals surface area contributed by atoms with Crippen LogP contribution in [0.5, 0.6) is 0 Å². The first kappa shape index (κ1) is 23.4. The third-order valence-electron chi connectivity index (χ3n) is 7.47. The Bertz CT molecular complexity index is 534. The van der Waals surface area contributed by atoms with Crippen LogP contribution in [0.3, 0.4) is 0 Å². The average Bonchev–Trinajstić information content (AvgIpc) is 2.73. The maximum atomic E-state index is 12.4. The van der Waals surface area contributed by atoms with Gasteiger partial charge < -0.3 is 19.1 Å². The van der Waals surface area contributed by atoms with Crippen molar-refractivity contribution in [3.63, 3.8) is 0 Å². The molecule has 0 aliphatic heterocycles. The molecule has 0 aromatic carbocycles. The van der Waals surface area contributed by atoms with Gasteiger partial charge in [-0.1, -0.05) is 13.8 Å². The molecule has 6 heteroatoms. The van der Waals surface area contributed by atoms with Gasteiger partial charge in [-0.25, -0.2) is 4.79 Å². The first-order chi connectivity index (χ1) is 14.5. The van der Waals surface area contributed by atoms with E-state index in [1.54, 1.807) is 0 Å². The minimum absolute atomic E-state index is 0.0974. The van der Waals surface area contributed by atoms with Crippen LogP contribution in [0.1, 0.15) is 58.8 Å². The standard InChI is InChI=1S/C24H40NO5/c1-4-25(5-2)7-6-8-28-24(27)30-16-17(3)15-29-23(26)14-22-20-10-18-9-19(12-20)13-21(22)11-18/h17-22H,3-16H2,1-2H3/t17?,18?,19?,20-,21-,22?. The first-order valence-electron chi connectivity index (χ1n) is 12.0. The summed E-state index contributed by atoms with van der Waals surface area (Å²) in [5, 5.41) is 0. The van der Waals surface area contributed by atoms with E-state index in [4.69, 9.17) is 14.2 Å². The molecule has 1 unspecified atom stereocenters. The van der Waals surface area contributed by atoms with E-state index in [1.807, 2.05) is 0 Å². The zero-order valence-corrected chi connectivity index (χ0v) is 18.9. The van der Waals surface area contributed by atoms with Crippen LogP contribution in [-0.2, 0) is 19.0 Å². The fourth-order valence-electron chi connectivity index (χ4n) is 6.09. The second-order valence-corrected chi connectivity index (χ2v) is 9.64. The Morgan fingerprint density at radius 3 is 2.13 bits per heavy atom. The summed E-state index contributed by atoms with van der Waals surface area (Å²) >= 11 is 0. The Labute approximate surface area is 182 Å². The first-order valence-corrected chi connectivity index (χ1v) is 12.0. The molecular formula is C24H40NO5. The Balaban J connectivity index is 1.24. The summed E-state index contributed by atoms with van der Waals surface area (Å²) in [5.74, 6) is 3.39. The minimum Gasteiger partial charge on any atom is -0.465 e. The van der Waals surface area contributed by atoms with Crippen molar-refractivity contribution in [3.8, 4) is 0 Å². The maximum Gasteiger partial charge on any atom is 0.508 e. The second-order valence-electron chi connectivity index (χ2n) is 9.64. The van der Waals surface area contributed by atoms with Crippen molar-refractivity contribution in [2.45, 2.75) is 58.8 Å². The van der Waals surface area contributed by atoms with Gasteiger partial charge in [-0.15, -0.1) is 0 Å². The smallest absolute Gasteiger partial charge is 0.465 e. The van der Waals surface area contributed by atoms with Gasteiger partial charge in [-0.3, -0.25) is 4.79 Å². The van der Waals surface area contributed by atoms with Crippen LogP contribution in [0.4, 0.5) is 4.79 Å². The molecule has 0 aromatic rings. The van der Waals surface area contributed by atoms with Crippen LogP contribution in [0.2, 0.25) is 0 Å². The number of esters is 1. The lowest BCUT2D eigenvalue weighted by Gasteiger charge is -2.54. The van der Waals surface area contributed by atoms with Crippen LogP contribution in [0.15, 0.2) is 0 Å². The van der Waals surface area contributed by atoms with Crippen LogP contribution >= 0.6 is 0 Å². The lowest BCUT2D eigenvalue weighted by molar-refractivity contribution is -0.150. The SMILES string of the molecule is [CH2]C(COC(=O)CC1[C@H]2CC3CC(C2)C[C@@H]1C3)COC(=O)OCCCN(CC)CC. The fourth-order valence-corrected chi connectivity index (χ4v) is 6.09. The summed E-state index contributed by atoms with van der Waals surface area (Å²) in [6.07, 6.45) is 7.32. The molecule has 0 amide bonds. The zero-order valence-electron chi connectivity index (χ0n) is 18.9. The number of hydrogen-bond donors (Lipinski definition) is 0. The fraction of sp³-hybridized carbons (Fsp3) is 0.875. The highest BCUT2D eigenvalue weighted by Crippen LogP contribution is 2.57. The highest BCUT2D eigenvalue weighted by molar-refractivity contribution is 5.69. The molecule has 1 atom stereocenters. The van der Waals surface area contributed by atoms with Gasteiger partial charge in [0.25, 0.3) is 0 Å². The quantitative estimate of drug-likeness (QED) is 0.345. The lowest BCUT2D eigenvalue weighted by atomic mass is 9.51. The van der Waals surface area contributed by atoms with Crippen molar-refractivity contribution in [3.05, 3.63) is 6.92 Å². The lowest BCUT2D eigenvalue weighted by Crippen LogP contribution is -2.45. The van der Waals surface area contributed by atoms with E-state index in [0.29, 0.717) is 18.9 Å². The van der Waals surface area contributed by atoms with E-state index in [2.05, 4.69) is 25.7 Å². The van der Waals surface area contributed by atoms with Gasteiger partial charge in [0.15, 0.2) is 0 Å². The molecular weight excluding hydrogens is 382 g/mol. The van der Waals surface area contributed by atoms with Crippen LogP contribution in [-0.4, -0.2) is 56.5 Å². The Hall–Kier alpha value is -1.30. The zero-order chi connectivity index (χ0) is 21.5. The molecule has 0 N–H and O–H groups in total. The number of carbonyl (C=O) groups excluding carboxylic acids is 2. The molecule has 4 rings (SSSR count). The molecule has 171 valence electrons. The van der Waals surface area contributed by atoms with Gasteiger partial charge >= 0.3 is 12.1 Å². The molecule has 0 aromatic heterocycles. The summed E-state index contributed by atoms with van der Waals surface area (Å²) in [6.45, 7) is 11.7. The third-order valence-corrected chi connectivity index (χ3v) is 7.47. The molecule has 4 fully saturated rings. The van der Waals surface area contributed by atoms with Gasteiger partial charge in [0.05, 0.1) is 13.2 Å². The number of ether oxygens (including phenoxy) is 3. The molecule has 30 heavy (non-hydrogen) atoms.